The van der Waals surface area contributed by atoms with Crippen LogP contribution in [0, 0.1) is 11.2 Å². The maximum atomic E-state index is 14.5. The molecular formula is C32H20ClFN2O3. The third-order valence-electron chi connectivity index (χ3n) is 8.22. The predicted octanol–water partition coefficient (Wildman–Crippen LogP) is 6.19. The number of aromatic nitrogens is 1. The highest BCUT2D eigenvalue weighted by Crippen LogP contribution is 2.61. The molecule has 3 aliphatic rings. The number of halogens is 2. The molecule has 3 aromatic carbocycles. The zero-order valence-corrected chi connectivity index (χ0v) is 21.2. The summed E-state index contributed by atoms with van der Waals surface area (Å²) in [7, 11) is 0. The van der Waals surface area contributed by atoms with Gasteiger partial charge in [-0.25, -0.2) is 4.39 Å². The monoisotopic (exact) mass is 534 g/mol. The quantitative estimate of drug-likeness (QED) is 0.231. The van der Waals surface area contributed by atoms with Gasteiger partial charge in [0.05, 0.1) is 11.1 Å². The molecule has 7 heteroatoms. The van der Waals surface area contributed by atoms with Gasteiger partial charge in [0.25, 0.3) is 0 Å². The molecule has 2 aliphatic heterocycles. The van der Waals surface area contributed by atoms with Crippen molar-refractivity contribution in [2.45, 2.75) is 18.0 Å². The number of fused-ring (bicyclic) bond motifs is 5. The molecule has 1 aliphatic carbocycles. The van der Waals surface area contributed by atoms with Crippen molar-refractivity contribution in [1.29, 1.82) is 0 Å². The van der Waals surface area contributed by atoms with Crippen LogP contribution in [0.15, 0.2) is 97.3 Å². The summed E-state index contributed by atoms with van der Waals surface area (Å²) in [5.41, 5.74) is 1.02. The van der Waals surface area contributed by atoms with E-state index < -0.39 is 29.2 Å². The summed E-state index contributed by atoms with van der Waals surface area (Å²) in [6.07, 6.45) is 6.70. The number of benzene rings is 3. The largest absolute Gasteiger partial charge is 0.352 e. The molecule has 0 saturated carbocycles. The van der Waals surface area contributed by atoms with Gasteiger partial charge in [0.1, 0.15) is 17.3 Å². The molecule has 1 spiro atoms. The van der Waals surface area contributed by atoms with E-state index in [1.54, 1.807) is 91.3 Å². The van der Waals surface area contributed by atoms with Gasteiger partial charge in [-0.15, -0.1) is 0 Å². The third-order valence-corrected chi connectivity index (χ3v) is 8.55. The SMILES string of the molecule is O=C(c1ccccc1Cl)[C@@H]1[C@H](c2cccnc2)C2(C(=O)c3ccccc3C2=O)[C@@H]2C=Cc3cc(F)ccc3N12. The number of anilines is 1. The normalized spacial score (nSPS) is 22.1. The molecule has 5 nitrogen and oxygen atoms in total. The maximum Gasteiger partial charge on any atom is 0.187 e. The molecule has 3 atom stereocenters. The van der Waals surface area contributed by atoms with Crippen LogP contribution in [0.1, 0.15) is 48.1 Å². The summed E-state index contributed by atoms with van der Waals surface area (Å²) >= 11 is 6.52. The Balaban J connectivity index is 1.56. The van der Waals surface area contributed by atoms with Gasteiger partial charge >= 0.3 is 0 Å². The average molecular weight is 535 g/mol. The van der Waals surface area contributed by atoms with Crippen LogP contribution in [-0.2, 0) is 0 Å². The van der Waals surface area contributed by atoms with Crippen molar-refractivity contribution < 1.29 is 18.8 Å². The standard InChI is InChI=1S/C32H20ClFN2O3/c33-24-10-4-3-9-23(24)29(37)28-27(19-6-5-15-35-17-19)32(30(38)21-7-1-2-8-22(21)31(32)39)26-14-11-18-16-20(34)12-13-25(18)36(26)28/h1-17,26-28H/t26-,27-,28-/m0/s1. The van der Waals surface area contributed by atoms with Gasteiger partial charge in [-0.2, -0.15) is 0 Å². The minimum Gasteiger partial charge on any atom is -0.352 e. The highest BCUT2D eigenvalue weighted by atomic mass is 35.5. The highest BCUT2D eigenvalue weighted by molar-refractivity contribution is 6.35. The van der Waals surface area contributed by atoms with Crippen molar-refractivity contribution in [3.05, 3.63) is 136 Å². The van der Waals surface area contributed by atoms with Crippen LogP contribution in [0.3, 0.4) is 0 Å². The lowest BCUT2D eigenvalue weighted by Crippen LogP contribution is -2.48. The fourth-order valence-electron chi connectivity index (χ4n) is 6.70. The molecule has 0 N–H and O–H groups in total. The van der Waals surface area contributed by atoms with Gasteiger partial charge in [-0.3, -0.25) is 19.4 Å². The first-order chi connectivity index (χ1) is 18.9. The maximum absolute atomic E-state index is 14.5. The lowest BCUT2D eigenvalue weighted by atomic mass is 9.64. The van der Waals surface area contributed by atoms with E-state index in [0.717, 1.165) is 0 Å². The van der Waals surface area contributed by atoms with Crippen molar-refractivity contribution in [1.82, 2.24) is 4.98 Å². The molecule has 0 unspecified atom stereocenters. The molecule has 1 aromatic heterocycles. The van der Waals surface area contributed by atoms with Gasteiger partial charge in [-0.1, -0.05) is 66.2 Å². The summed E-state index contributed by atoms with van der Waals surface area (Å²) < 4.78 is 14.3. The van der Waals surface area contributed by atoms with Crippen molar-refractivity contribution in [3.8, 4) is 0 Å². The van der Waals surface area contributed by atoms with Crippen molar-refractivity contribution in [2.24, 2.45) is 5.41 Å². The Morgan fingerprint density at radius 2 is 1.64 bits per heavy atom. The molecular weight excluding hydrogens is 515 g/mol. The van der Waals surface area contributed by atoms with E-state index in [4.69, 9.17) is 11.6 Å². The fraction of sp³-hybridized carbons (Fsp3) is 0.125. The van der Waals surface area contributed by atoms with Crippen LogP contribution in [-0.4, -0.2) is 34.4 Å². The van der Waals surface area contributed by atoms with E-state index in [0.29, 0.717) is 27.9 Å². The first-order valence-electron chi connectivity index (χ1n) is 12.6. The molecule has 0 radical (unpaired) electrons. The van der Waals surface area contributed by atoms with E-state index in [-0.39, 0.29) is 27.9 Å². The molecule has 0 bridgehead atoms. The van der Waals surface area contributed by atoms with Gasteiger partial charge in [0, 0.05) is 46.3 Å². The number of carbonyl (C=O) groups is 3. The highest BCUT2D eigenvalue weighted by Gasteiger charge is 2.71. The zero-order valence-electron chi connectivity index (χ0n) is 20.4. The summed E-state index contributed by atoms with van der Waals surface area (Å²) in [4.78, 5) is 49.7. The van der Waals surface area contributed by atoms with E-state index in [2.05, 4.69) is 4.98 Å². The minimum absolute atomic E-state index is 0.268. The number of nitrogens with zero attached hydrogens (tertiary/aromatic N) is 2. The van der Waals surface area contributed by atoms with E-state index in [1.165, 1.54) is 12.1 Å². The topological polar surface area (TPSA) is 67.3 Å². The first kappa shape index (κ1) is 23.7. The molecule has 4 aromatic rings. The van der Waals surface area contributed by atoms with Gasteiger partial charge in [0.15, 0.2) is 17.3 Å². The number of hydrogen-bond donors (Lipinski definition) is 0. The summed E-state index contributed by atoms with van der Waals surface area (Å²) in [6.45, 7) is 0. The molecule has 39 heavy (non-hydrogen) atoms. The Labute approximate surface area is 228 Å². The Morgan fingerprint density at radius 1 is 0.923 bits per heavy atom. The van der Waals surface area contributed by atoms with Crippen LogP contribution in [0.5, 0.6) is 0 Å². The van der Waals surface area contributed by atoms with Crippen molar-refractivity contribution in [2.75, 3.05) is 4.90 Å². The molecule has 1 saturated heterocycles. The molecule has 3 heterocycles. The fourth-order valence-corrected chi connectivity index (χ4v) is 6.93. The Hall–Kier alpha value is -4.42. The third kappa shape index (κ3) is 3.12. The number of ketones is 3. The van der Waals surface area contributed by atoms with E-state index >= 15 is 0 Å². The molecule has 0 amide bonds. The van der Waals surface area contributed by atoms with E-state index in [1.807, 2.05) is 4.90 Å². The van der Waals surface area contributed by atoms with Crippen molar-refractivity contribution in [3.63, 3.8) is 0 Å². The second-order valence-corrected chi connectivity index (χ2v) is 10.4. The number of pyridine rings is 1. The summed E-state index contributed by atoms with van der Waals surface area (Å²) in [6, 6.07) is 19.6. The van der Waals surface area contributed by atoms with Crippen LogP contribution in [0.4, 0.5) is 10.1 Å². The zero-order chi connectivity index (χ0) is 26.9. The summed E-state index contributed by atoms with van der Waals surface area (Å²) in [5.74, 6) is -2.33. The van der Waals surface area contributed by atoms with Crippen LogP contribution >= 0.6 is 11.6 Å². The summed E-state index contributed by atoms with van der Waals surface area (Å²) in [5, 5.41) is 0.268. The first-order valence-corrected chi connectivity index (χ1v) is 13.0. The Kier molecular flexibility index (Phi) is 5.19. The van der Waals surface area contributed by atoms with E-state index in [9.17, 15) is 18.8 Å². The van der Waals surface area contributed by atoms with Crippen LogP contribution in [0.25, 0.3) is 6.08 Å². The molecule has 190 valence electrons. The Bertz CT molecular complexity index is 1700. The van der Waals surface area contributed by atoms with Crippen molar-refractivity contribution >= 4 is 40.7 Å². The number of hydrogen-bond acceptors (Lipinski definition) is 5. The number of rotatable bonds is 3. The second kappa shape index (κ2) is 8.55. The Morgan fingerprint density at radius 3 is 2.33 bits per heavy atom. The smallest absolute Gasteiger partial charge is 0.187 e. The average Bonchev–Trinajstić information content (AvgIpc) is 3.39. The number of Topliss-reactive ketones (excluding diaryl/α,β-unsaturated/α-hetero) is 3. The van der Waals surface area contributed by atoms with Gasteiger partial charge in [0.2, 0.25) is 0 Å². The van der Waals surface area contributed by atoms with Crippen LogP contribution in [0.2, 0.25) is 5.02 Å². The van der Waals surface area contributed by atoms with Gasteiger partial charge < -0.3 is 4.90 Å². The molecule has 1 fully saturated rings. The van der Waals surface area contributed by atoms with Crippen LogP contribution < -0.4 is 4.90 Å². The minimum atomic E-state index is -1.64. The molecule has 7 rings (SSSR count). The second-order valence-electron chi connectivity index (χ2n) is 10.0. The predicted molar refractivity (Wildman–Crippen MR) is 146 cm³/mol. The lowest BCUT2D eigenvalue weighted by molar-refractivity contribution is 0.0666. The lowest BCUT2D eigenvalue weighted by Gasteiger charge is -2.37. The van der Waals surface area contributed by atoms with Gasteiger partial charge in [-0.05, 0) is 42.0 Å². The number of carbonyl (C=O) groups excluding carboxylic acids is 3.